The van der Waals surface area contributed by atoms with Crippen LogP contribution >= 0.6 is 0 Å². The van der Waals surface area contributed by atoms with E-state index in [4.69, 9.17) is 0 Å². The highest BCUT2D eigenvalue weighted by molar-refractivity contribution is 5.87. The summed E-state index contributed by atoms with van der Waals surface area (Å²) in [5.74, 6) is -0.192. The molecule has 31 heavy (non-hydrogen) atoms. The standard InChI is InChI=1S/C27H38N2O2/c30-26(27(31,24-15-7-8-16-24)23-13-5-2-6-14-23)28-25-17-20-29(21-18-25)19-9-12-22-10-3-1-4-11-22/h2,5-6,9-10,12-14,24-25,31H,1,3-4,7-8,11,15-21H2,(H,28,30). The van der Waals surface area contributed by atoms with Crippen molar-refractivity contribution in [2.75, 3.05) is 19.6 Å². The van der Waals surface area contributed by atoms with Crippen molar-refractivity contribution in [2.45, 2.75) is 75.9 Å². The number of benzene rings is 1. The van der Waals surface area contributed by atoms with Crippen molar-refractivity contribution in [3.63, 3.8) is 0 Å². The van der Waals surface area contributed by atoms with Gasteiger partial charge in [0.05, 0.1) is 0 Å². The molecule has 0 aromatic heterocycles. The summed E-state index contributed by atoms with van der Waals surface area (Å²) in [4.78, 5) is 15.8. The van der Waals surface area contributed by atoms with Crippen LogP contribution in [0.3, 0.4) is 0 Å². The molecule has 0 radical (unpaired) electrons. The van der Waals surface area contributed by atoms with E-state index in [2.05, 4.69) is 28.4 Å². The first-order chi connectivity index (χ1) is 15.2. The number of piperidine rings is 1. The molecule has 2 N–H and O–H groups in total. The van der Waals surface area contributed by atoms with Crippen molar-refractivity contribution in [3.05, 3.63) is 59.7 Å². The molecule has 1 amide bonds. The van der Waals surface area contributed by atoms with Gasteiger partial charge in [-0.3, -0.25) is 9.69 Å². The molecule has 0 bridgehead atoms. The molecule has 1 saturated heterocycles. The first-order valence-corrected chi connectivity index (χ1v) is 12.3. The number of carbonyl (C=O) groups excluding carboxylic acids is 1. The van der Waals surface area contributed by atoms with Gasteiger partial charge in [-0.05, 0) is 56.9 Å². The van der Waals surface area contributed by atoms with Gasteiger partial charge in [0.25, 0.3) is 5.91 Å². The van der Waals surface area contributed by atoms with Gasteiger partial charge in [-0.1, -0.05) is 67.0 Å². The fraction of sp³-hybridized carbons (Fsp3) is 0.593. The Balaban J connectivity index is 1.31. The van der Waals surface area contributed by atoms with E-state index in [0.717, 1.165) is 63.7 Å². The fourth-order valence-corrected chi connectivity index (χ4v) is 5.51. The summed E-state index contributed by atoms with van der Waals surface area (Å²) in [6, 6.07) is 9.70. The van der Waals surface area contributed by atoms with Gasteiger partial charge < -0.3 is 10.4 Å². The predicted octanol–water partition coefficient (Wildman–Crippen LogP) is 4.70. The van der Waals surface area contributed by atoms with Gasteiger partial charge in [0.1, 0.15) is 0 Å². The summed E-state index contributed by atoms with van der Waals surface area (Å²) < 4.78 is 0. The topological polar surface area (TPSA) is 52.6 Å². The Hall–Kier alpha value is -1.91. The highest BCUT2D eigenvalue weighted by Gasteiger charge is 2.46. The number of nitrogens with zero attached hydrogens (tertiary/aromatic N) is 1. The van der Waals surface area contributed by atoms with Gasteiger partial charge in [-0.15, -0.1) is 0 Å². The van der Waals surface area contributed by atoms with Crippen molar-refractivity contribution in [1.29, 1.82) is 0 Å². The minimum atomic E-state index is -1.41. The molecule has 1 saturated carbocycles. The summed E-state index contributed by atoms with van der Waals surface area (Å²) in [7, 11) is 0. The van der Waals surface area contributed by atoms with Gasteiger partial charge in [-0.25, -0.2) is 0 Å². The van der Waals surface area contributed by atoms with Gasteiger partial charge in [0.15, 0.2) is 5.60 Å². The Morgan fingerprint density at radius 1 is 1.06 bits per heavy atom. The molecule has 4 rings (SSSR count). The molecule has 168 valence electrons. The Morgan fingerprint density at radius 3 is 2.48 bits per heavy atom. The Morgan fingerprint density at radius 2 is 1.81 bits per heavy atom. The Kier molecular flexibility index (Phi) is 7.62. The lowest BCUT2D eigenvalue weighted by atomic mass is 9.79. The maximum absolute atomic E-state index is 13.4. The number of hydrogen-bond acceptors (Lipinski definition) is 3. The van der Waals surface area contributed by atoms with E-state index in [1.165, 1.54) is 31.3 Å². The zero-order valence-corrected chi connectivity index (χ0v) is 18.8. The molecular formula is C27H38N2O2. The summed E-state index contributed by atoms with van der Waals surface area (Å²) in [5, 5.41) is 14.9. The molecule has 0 spiro atoms. The van der Waals surface area contributed by atoms with Crippen LogP contribution < -0.4 is 5.32 Å². The highest BCUT2D eigenvalue weighted by Crippen LogP contribution is 2.41. The number of nitrogens with one attached hydrogen (secondary N) is 1. The van der Waals surface area contributed by atoms with E-state index < -0.39 is 5.60 Å². The highest BCUT2D eigenvalue weighted by atomic mass is 16.3. The third-order valence-corrected chi connectivity index (χ3v) is 7.45. The van der Waals surface area contributed by atoms with Crippen LogP contribution in [0.4, 0.5) is 0 Å². The van der Waals surface area contributed by atoms with E-state index >= 15 is 0 Å². The zero-order chi connectivity index (χ0) is 21.5. The van der Waals surface area contributed by atoms with Crippen LogP contribution in [0.25, 0.3) is 0 Å². The smallest absolute Gasteiger partial charge is 0.257 e. The minimum Gasteiger partial charge on any atom is -0.375 e. The SMILES string of the molecule is O=C(NC1CCN(CC=CC2=CCCCC2)CC1)C(O)(c1ccccc1)C1CCCC1. The summed E-state index contributed by atoms with van der Waals surface area (Å²) in [6.07, 6.45) is 18.0. The summed E-state index contributed by atoms with van der Waals surface area (Å²) in [6.45, 7) is 2.96. The number of aliphatic hydroxyl groups is 1. The maximum atomic E-state index is 13.4. The molecular weight excluding hydrogens is 384 g/mol. The third kappa shape index (κ3) is 5.48. The third-order valence-electron chi connectivity index (χ3n) is 7.45. The van der Waals surface area contributed by atoms with E-state index in [9.17, 15) is 9.90 Å². The van der Waals surface area contributed by atoms with Crippen molar-refractivity contribution < 1.29 is 9.90 Å². The Labute approximate surface area is 187 Å². The lowest BCUT2D eigenvalue weighted by molar-refractivity contribution is -0.148. The van der Waals surface area contributed by atoms with Crippen LogP contribution in [-0.2, 0) is 10.4 Å². The lowest BCUT2D eigenvalue weighted by Gasteiger charge is -2.37. The number of amides is 1. The molecule has 4 heteroatoms. The second-order valence-electron chi connectivity index (χ2n) is 9.59. The molecule has 1 heterocycles. The normalized spacial score (nSPS) is 23.6. The quantitative estimate of drug-likeness (QED) is 0.670. The monoisotopic (exact) mass is 422 g/mol. The van der Waals surface area contributed by atoms with Gasteiger partial charge in [0.2, 0.25) is 0 Å². The number of likely N-dealkylation sites (tertiary alicyclic amines) is 1. The number of carbonyl (C=O) groups is 1. The average molecular weight is 423 g/mol. The zero-order valence-electron chi connectivity index (χ0n) is 18.8. The molecule has 1 aromatic carbocycles. The predicted molar refractivity (Wildman–Crippen MR) is 126 cm³/mol. The molecule has 1 atom stereocenters. The van der Waals surface area contributed by atoms with E-state index in [0.29, 0.717) is 0 Å². The van der Waals surface area contributed by atoms with Crippen molar-refractivity contribution >= 4 is 5.91 Å². The summed E-state index contributed by atoms with van der Waals surface area (Å²) in [5.41, 5.74) is 0.810. The second kappa shape index (κ2) is 10.6. The largest absolute Gasteiger partial charge is 0.375 e. The van der Waals surface area contributed by atoms with Crippen LogP contribution in [0.5, 0.6) is 0 Å². The van der Waals surface area contributed by atoms with E-state index in [1.54, 1.807) is 0 Å². The van der Waals surface area contributed by atoms with Crippen molar-refractivity contribution in [3.8, 4) is 0 Å². The number of hydrogen-bond donors (Lipinski definition) is 2. The first-order valence-electron chi connectivity index (χ1n) is 12.3. The second-order valence-corrected chi connectivity index (χ2v) is 9.59. The van der Waals surface area contributed by atoms with Crippen LogP contribution in [0, 0.1) is 5.92 Å². The van der Waals surface area contributed by atoms with Crippen LogP contribution in [0.15, 0.2) is 54.1 Å². The van der Waals surface area contributed by atoms with Crippen molar-refractivity contribution in [1.82, 2.24) is 10.2 Å². The molecule has 4 nitrogen and oxygen atoms in total. The van der Waals surface area contributed by atoms with Gasteiger partial charge in [0, 0.05) is 31.6 Å². The van der Waals surface area contributed by atoms with E-state index in [-0.39, 0.29) is 17.9 Å². The molecule has 1 aromatic rings. The maximum Gasteiger partial charge on any atom is 0.257 e. The molecule has 2 fully saturated rings. The molecule has 1 unspecified atom stereocenters. The Bertz CT molecular complexity index is 774. The van der Waals surface area contributed by atoms with Crippen LogP contribution in [-0.4, -0.2) is 41.6 Å². The van der Waals surface area contributed by atoms with Crippen LogP contribution in [0.1, 0.15) is 69.8 Å². The molecule has 2 aliphatic carbocycles. The minimum absolute atomic E-state index is 0.00854. The molecule has 1 aliphatic heterocycles. The van der Waals surface area contributed by atoms with E-state index in [1.807, 2.05) is 30.3 Å². The lowest BCUT2D eigenvalue weighted by Crippen LogP contribution is -2.54. The van der Waals surface area contributed by atoms with Gasteiger partial charge in [-0.2, -0.15) is 0 Å². The van der Waals surface area contributed by atoms with Gasteiger partial charge >= 0.3 is 0 Å². The first kappa shape index (κ1) is 22.3. The average Bonchev–Trinajstić information content (AvgIpc) is 3.36. The molecule has 3 aliphatic rings. The van der Waals surface area contributed by atoms with Crippen molar-refractivity contribution in [2.24, 2.45) is 5.92 Å². The summed E-state index contributed by atoms with van der Waals surface area (Å²) >= 11 is 0. The van der Waals surface area contributed by atoms with Crippen LogP contribution in [0.2, 0.25) is 0 Å². The number of allylic oxidation sites excluding steroid dienone is 3. The number of rotatable bonds is 7. The fourth-order valence-electron chi connectivity index (χ4n) is 5.51.